The number of para-hydroxylation sites is 1. The monoisotopic (exact) mass is 262 g/mol. The van der Waals surface area contributed by atoms with Crippen molar-refractivity contribution in [3.05, 3.63) is 35.3 Å². The second kappa shape index (κ2) is 4.19. The van der Waals surface area contributed by atoms with Gasteiger partial charge in [0, 0.05) is 0 Å². The number of carbonyl (C=O) groups is 1. The van der Waals surface area contributed by atoms with Crippen molar-refractivity contribution in [3.63, 3.8) is 0 Å². The molecule has 7 heteroatoms. The zero-order valence-electron chi connectivity index (χ0n) is 8.45. The maximum atomic E-state index is 11.7. The minimum Gasteiger partial charge on any atom is -0.297 e. The van der Waals surface area contributed by atoms with Crippen LogP contribution in [0.1, 0.15) is 9.67 Å². The number of rotatable bonds is 2. The van der Waals surface area contributed by atoms with Crippen LogP contribution in [0.15, 0.2) is 30.5 Å². The van der Waals surface area contributed by atoms with E-state index in [4.69, 9.17) is 0 Å². The Morgan fingerprint density at radius 1 is 1.29 bits per heavy atom. The summed E-state index contributed by atoms with van der Waals surface area (Å²) in [7, 11) is 0. The summed E-state index contributed by atoms with van der Waals surface area (Å²) in [5, 5.41) is 6.94. The molecule has 0 aliphatic carbocycles. The van der Waals surface area contributed by atoms with Gasteiger partial charge in [0.15, 0.2) is 5.13 Å². The first-order valence-electron chi connectivity index (χ1n) is 4.77. The quantitative estimate of drug-likeness (QED) is 0.770. The predicted molar refractivity (Wildman–Crippen MR) is 67.5 cm³/mol. The van der Waals surface area contributed by atoms with Crippen LogP contribution in [0.3, 0.4) is 0 Å². The Hall–Kier alpha value is -1.86. The SMILES string of the molecule is O=C(Nc1nc2ccccc2s1)c1cnns1. The fourth-order valence-corrected chi connectivity index (χ4v) is 2.62. The smallest absolute Gasteiger partial charge is 0.270 e. The Morgan fingerprint density at radius 3 is 2.94 bits per heavy atom. The van der Waals surface area contributed by atoms with Crippen molar-refractivity contribution in [2.75, 3.05) is 5.32 Å². The molecule has 2 heterocycles. The van der Waals surface area contributed by atoms with Gasteiger partial charge in [-0.2, -0.15) is 0 Å². The molecule has 0 aliphatic rings. The van der Waals surface area contributed by atoms with E-state index in [2.05, 4.69) is 19.9 Å². The van der Waals surface area contributed by atoms with Gasteiger partial charge in [0.05, 0.1) is 16.4 Å². The molecule has 2 aromatic heterocycles. The Labute approximate surface area is 104 Å². The zero-order chi connectivity index (χ0) is 11.7. The van der Waals surface area contributed by atoms with Crippen molar-refractivity contribution in [1.29, 1.82) is 0 Å². The summed E-state index contributed by atoms with van der Waals surface area (Å²) in [6.45, 7) is 0. The summed E-state index contributed by atoms with van der Waals surface area (Å²) in [5.74, 6) is -0.223. The highest BCUT2D eigenvalue weighted by atomic mass is 32.1. The number of nitrogens with one attached hydrogen (secondary N) is 1. The van der Waals surface area contributed by atoms with Gasteiger partial charge in [-0.1, -0.05) is 28.0 Å². The molecule has 1 aromatic carbocycles. The molecule has 3 aromatic rings. The van der Waals surface area contributed by atoms with Crippen LogP contribution in [-0.2, 0) is 0 Å². The molecule has 17 heavy (non-hydrogen) atoms. The van der Waals surface area contributed by atoms with E-state index in [-0.39, 0.29) is 5.91 Å². The number of aromatic nitrogens is 3. The fraction of sp³-hybridized carbons (Fsp3) is 0. The minimum absolute atomic E-state index is 0.223. The van der Waals surface area contributed by atoms with Crippen LogP contribution in [-0.4, -0.2) is 20.5 Å². The van der Waals surface area contributed by atoms with Gasteiger partial charge in [-0.25, -0.2) is 4.98 Å². The third-order valence-electron chi connectivity index (χ3n) is 2.10. The van der Waals surface area contributed by atoms with Gasteiger partial charge in [0.1, 0.15) is 4.88 Å². The Bertz CT molecular complexity index is 629. The lowest BCUT2D eigenvalue weighted by Gasteiger charge is -1.95. The van der Waals surface area contributed by atoms with Crippen molar-refractivity contribution in [2.24, 2.45) is 0 Å². The van der Waals surface area contributed by atoms with Crippen molar-refractivity contribution < 1.29 is 4.79 Å². The van der Waals surface area contributed by atoms with Crippen molar-refractivity contribution in [1.82, 2.24) is 14.6 Å². The van der Waals surface area contributed by atoms with Crippen LogP contribution in [0.5, 0.6) is 0 Å². The molecule has 1 amide bonds. The van der Waals surface area contributed by atoms with E-state index >= 15 is 0 Å². The lowest BCUT2D eigenvalue weighted by Crippen LogP contribution is -2.09. The number of benzene rings is 1. The molecule has 0 unspecified atom stereocenters. The first-order chi connectivity index (χ1) is 8.33. The summed E-state index contributed by atoms with van der Waals surface area (Å²) in [6, 6.07) is 7.74. The van der Waals surface area contributed by atoms with Gasteiger partial charge in [0.25, 0.3) is 5.91 Å². The number of amides is 1. The van der Waals surface area contributed by atoms with Gasteiger partial charge in [0.2, 0.25) is 0 Å². The number of hydrogen-bond acceptors (Lipinski definition) is 6. The largest absolute Gasteiger partial charge is 0.297 e. The third kappa shape index (κ3) is 2.02. The Morgan fingerprint density at radius 2 is 2.18 bits per heavy atom. The standard InChI is InChI=1S/C10H6N4OS2/c15-9(8-5-11-14-17-8)13-10-12-6-3-1-2-4-7(6)16-10/h1-5H,(H,12,13,15). The lowest BCUT2D eigenvalue weighted by molar-refractivity contribution is 0.103. The van der Waals surface area contributed by atoms with E-state index in [0.29, 0.717) is 10.0 Å². The fourth-order valence-electron chi connectivity index (χ4n) is 1.35. The first-order valence-corrected chi connectivity index (χ1v) is 6.36. The van der Waals surface area contributed by atoms with E-state index in [9.17, 15) is 4.79 Å². The molecule has 3 rings (SSSR count). The molecule has 0 bridgehead atoms. The molecule has 0 aliphatic heterocycles. The molecule has 0 fully saturated rings. The Balaban J connectivity index is 1.88. The number of fused-ring (bicyclic) bond motifs is 1. The van der Waals surface area contributed by atoms with Gasteiger partial charge < -0.3 is 0 Å². The molecule has 0 saturated carbocycles. The minimum atomic E-state index is -0.223. The van der Waals surface area contributed by atoms with Gasteiger partial charge in [-0.3, -0.25) is 10.1 Å². The molecule has 5 nitrogen and oxygen atoms in total. The van der Waals surface area contributed by atoms with Gasteiger partial charge >= 0.3 is 0 Å². The van der Waals surface area contributed by atoms with E-state index < -0.39 is 0 Å². The summed E-state index contributed by atoms with van der Waals surface area (Å²) in [6.07, 6.45) is 1.44. The van der Waals surface area contributed by atoms with Crippen LogP contribution >= 0.6 is 22.9 Å². The van der Waals surface area contributed by atoms with Crippen LogP contribution in [0.4, 0.5) is 5.13 Å². The van der Waals surface area contributed by atoms with Crippen LogP contribution in [0.2, 0.25) is 0 Å². The Kier molecular flexibility index (Phi) is 2.54. The van der Waals surface area contributed by atoms with Crippen LogP contribution in [0, 0.1) is 0 Å². The molecule has 1 N–H and O–H groups in total. The molecule has 0 atom stereocenters. The molecule has 0 saturated heterocycles. The number of hydrogen-bond donors (Lipinski definition) is 1. The second-order valence-corrected chi connectivity index (χ2v) is 5.04. The third-order valence-corrected chi connectivity index (χ3v) is 3.71. The lowest BCUT2D eigenvalue weighted by atomic mass is 10.3. The summed E-state index contributed by atoms with van der Waals surface area (Å²) >= 11 is 2.50. The van der Waals surface area contributed by atoms with E-state index in [1.54, 1.807) is 0 Å². The average Bonchev–Trinajstić information content (AvgIpc) is 2.97. The predicted octanol–water partition coefficient (Wildman–Crippen LogP) is 2.40. The normalized spacial score (nSPS) is 10.6. The summed E-state index contributed by atoms with van der Waals surface area (Å²) < 4.78 is 4.69. The van der Waals surface area contributed by atoms with Crippen LogP contribution in [0.25, 0.3) is 10.2 Å². The molecular weight excluding hydrogens is 256 g/mol. The number of carbonyl (C=O) groups excluding carboxylic acids is 1. The topological polar surface area (TPSA) is 67.8 Å². The highest BCUT2D eigenvalue weighted by molar-refractivity contribution is 7.22. The maximum absolute atomic E-state index is 11.7. The van der Waals surface area contributed by atoms with E-state index in [0.717, 1.165) is 21.7 Å². The summed E-state index contributed by atoms with van der Waals surface area (Å²) in [4.78, 5) is 16.5. The van der Waals surface area contributed by atoms with E-state index in [1.165, 1.54) is 17.5 Å². The maximum Gasteiger partial charge on any atom is 0.270 e. The number of nitrogens with zero attached hydrogens (tertiary/aromatic N) is 3. The van der Waals surface area contributed by atoms with E-state index in [1.807, 2.05) is 24.3 Å². The van der Waals surface area contributed by atoms with Crippen LogP contribution < -0.4 is 5.32 Å². The van der Waals surface area contributed by atoms with Crippen molar-refractivity contribution >= 4 is 44.1 Å². The zero-order valence-corrected chi connectivity index (χ0v) is 10.1. The molecular formula is C10H6N4OS2. The number of thiazole rings is 1. The number of anilines is 1. The first kappa shape index (κ1) is 10.3. The second-order valence-electron chi connectivity index (χ2n) is 3.22. The highest BCUT2D eigenvalue weighted by Crippen LogP contribution is 2.25. The molecule has 0 spiro atoms. The average molecular weight is 262 g/mol. The molecule has 0 radical (unpaired) electrons. The van der Waals surface area contributed by atoms with Gasteiger partial charge in [-0.05, 0) is 23.7 Å². The van der Waals surface area contributed by atoms with Crippen molar-refractivity contribution in [3.8, 4) is 0 Å². The summed E-state index contributed by atoms with van der Waals surface area (Å²) in [5.41, 5.74) is 0.884. The highest BCUT2D eigenvalue weighted by Gasteiger charge is 2.11. The van der Waals surface area contributed by atoms with Crippen molar-refractivity contribution in [2.45, 2.75) is 0 Å². The van der Waals surface area contributed by atoms with Gasteiger partial charge in [-0.15, -0.1) is 5.10 Å². The molecule has 84 valence electrons.